The fourth-order valence-electron chi connectivity index (χ4n) is 2.78. The number of rotatable bonds is 6. The van der Waals surface area contributed by atoms with Crippen molar-refractivity contribution in [1.82, 2.24) is 15.2 Å². The van der Waals surface area contributed by atoms with Crippen LogP contribution in [0, 0.1) is 5.82 Å². The van der Waals surface area contributed by atoms with Crippen LogP contribution in [0.2, 0.25) is 0 Å². The molecule has 5 nitrogen and oxygen atoms in total. The summed E-state index contributed by atoms with van der Waals surface area (Å²) in [7, 11) is 0. The van der Waals surface area contributed by atoms with Crippen LogP contribution in [0.15, 0.2) is 48.5 Å². The Morgan fingerprint density at radius 2 is 1.84 bits per heavy atom. The van der Waals surface area contributed by atoms with Crippen molar-refractivity contribution >= 4 is 17.5 Å². The number of nitrogens with zero attached hydrogens (tertiary/aromatic N) is 2. The summed E-state index contributed by atoms with van der Waals surface area (Å²) in [6, 6.07) is 14.3. The van der Waals surface area contributed by atoms with E-state index in [9.17, 15) is 4.39 Å². The van der Waals surface area contributed by atoms with Crippen LogP contribution in [0.1, 0.15) is 43.0 Å². The monoisotopic (exact) mass is 337 g/mol. The molecular formula is C19H20FN5. The molecule has 0 amide bonds. The molecule has 2 aromatic heterocycles. The standard InChI is InChI=1S/C19H20FN5/c1-12(13-7-9-15(20)10-8-13)21-17-3-2-4-18(22-17)23-19-11-16(24-25-19)14-5-6-14/h2-4,7-12,14H,5-6H2,1H3,(H3,21,22,23,24,25)/t12-/m0/s1. The van der Waals surface area contributed by atoms with E-state index >= 15 is 0 Å². The Morgan fingerprint density at radius 3 is 2.60 bits per heavy atom. The minimum Gasteiger partial charge on any atom is -0.363 e. The van der Waals surface area contributed by atoms with Crippen LogP contribution in [0.5, 0.6) is 0 Å². The van der Waals surface area contributed by atoms with Crippen molar-refractivity contribution in [2.45, 2.75) is 31.7 Å². The number of anilines is 3. The lowest BCUT2D eigenvalue weighted by molar-refractivity contribution is 0.626. The van der Waals surface area contributed by atoms with Gasteiger partial charge in [0.15, 0.2) is 5.82 Å². The smallest absolute Gasteiger partial charge is 0.153 e. The average Bonchev–Trinajstić information content (AvgIpc) is 3.36. The molecule has 3 aromatic rings. The molecule has 25 heavy (non-hydrogen) atoms. The number of aromatic amines is 1. The van der Waals surface area contributed by atoms with Crippen molar-refractivity contribution in [3.63, 3.8) is 0 Å². The number of hydrogen-bond donors (Lipinski definition) is 3. The summed E-state index contributed by atoms with van der Waals surface area (Å²) in [6.45, 7) is 2.02. The van der Waals surface area contributed by atoms with Crippen LogP contribution < -0.4 is 10.6 Å². The zero-order chi connectivity index (χ0) is 17.2. The summed E-state index contributed by atoms with van der Waals surface area (Å²) in [5.41, 5.74) is 2.18. The summed E-state index contributed by atoms with van der Waals surface area (Å²) in [5, 5.41) is 13.9. The molecule has 1 saturated carbocycles. The Hall–Kier alpha value is -2.89. The number of pyridine rings is 1. The van der Waals surface area contributed by atoms with Gasteiger partial charge in [0.25, 0.3) is 0 Å². The highest BCUT2D eigenvalue weighted by Crippen LogP contribution is 2.39. The van der Waals surface area contributed by atoms with E-state index in [1.807, 2.05) is 31.2 Å². The number of H-pyrrole nitrogens is 1. The molecule has 3 N–H and O–H groups in total. The van der Waals surface area contributed by atoms with E-state index in [0.717, 1.165) is 23.0 Å². The van der Waals surface area contributed by atoms with Gasteiger partial charge in [0.1, 0.15) is 17.5 Å². The Labute approximate surface area is 145 Å². The quantitative estimate of drug-likeness (QED) is 0.608. The minimum atomic E-state index is -0.232. The predicted octanol–water partition coefficient (Wildman–Crippen LogP) is 4.74. The maximum Gasteiger partial charge on any atom is 0.153 e. The third-order valence-electron chi connectivity index (χ3n) is 4.35. The first-order chi connectivity index (χ1) is 12.2. The van der Waals surface area contributed by atoms with E-state index in [1.54, 1.807) is 12.1 Å². The maximum absolute atomic E-state index is 13.0. The van der Waals surface area contributed by atoms with Crippen LogP contribution >= 0.6 is 0 Å². The molecule has 0 saturated heterocycles. The summed E-state index contributed by atoms with van der Waals surface area (Å²) in [4.78, 5) is 4.57. The molecule has 1 aromatic carbocycles. The molecule has 4 rings (SSSR count). The number of hydrogen-bond acceptors (Lipinski definition) is 4. The van der Waals surface area contributed by atoms with E-state index < -0.39 is 0 Å². The summed E-state index contributed by atoms with van der Waals surface area (Å²) >= 11 is 0. The summed E-state index contributed by atoms with van der Waals surface area (Å²) < 4.78 is 13.0. The van der Waals surface area contributed by atoms with Gasteiger partial charge in [-0.05, 0) is 49.6 Å². The SMILES string of the molecule is C[C@H](Nc1cccc(Nc2cc(C3CC3)[nH]n2)n1)c1ccc(F)cc1. The molecule has 1 aliphatic carbocycles. The van der Waals surface area contributed by atoms with Crippen molar-refractivity contribution in [3.05, 3.63) is 65.6 Å². The zero-order valence-corrected chi connectivity index (χ0v) is 14.0. The van der Waals surface area contributed by atoms with Gasteiger partial charge < -0.3 is 10.6 Å². The molecule has 2 heterocycles. The van der Waals surface area contributed by atoms with Crippen molar-refractivity contribution in [2.24, 2.45) is 0 Å². The first-order valence-electron chi connectivity index (χ1n) is 8.49. The Kier molecular flexibility index (Phi) is 4.09. The first kappa shape index (κ1) is 15.6. The van der Waals surface area contributed by atoms with Gasteiger partial charge in [-0.2, -0.15) is 5.10 Å². The lowest BCUT2D eigenvalue weighted by atomic mass is 10.1. The van der Waals surface area contributed by atoms with Gasteiger partial charge in [-0.25, -0.2) is 9.37 Å². The van der Waals surface area contributed by atoms with E-state index in [1.165, 1.54) is 30.7 Å². The van der Waals surface area contributed by atoms with Gasteiger partial charge in [-0.3, -0.25) is 5.10 Å². The molecule has 1 fully saturated rings. The summed E-state index contributed by atoms with van der Waals surface area (Å²) in [6.07, 6.45) is 2.47. The molecule has 0 aliphatic heterocycles. The Balaban J connectivity index is 1.44. The maximum atomic E-state index is 13.0. The second kappa shape index (κ2) is 6.55. The van der Waals surface area contributed by atoms with Gasteiger partial charge in [-0.1, -0.05) is 18.2 Å². The average molecular weight is 337 g/mol. The topological polar surface area (TPSA) is 65.6 Å². The molecule has 0 unspecified atom stereocenters. The van der Waals surface area contributed by atoms with Crippen LogP contribution in [0.3, 0.4) is 0 Å². The van der Waals surface area contributed by atoms with Gasteiger partial charge in [0.2, 0.25) is 0 Å². The molecule has 6 heteroatoms. The predicted molar refractivity (Wildman–Crippen MR) is 96.5 cm³/mol. The van der Waals surface area contributed by atoms with Gasteiger partial charge in [0, 0.05) is 23.7 Å². The number of halogens is 1. The van der Waals surface area contributed by atoms with Crippen LogP contribution in [-0.4, -0.2) is 15.2 Å². The zero-order valence-electron chi connectivity index (χ0n) is 14.0. The Bertz CT molecular complexity index is 854. The number of aromatic nitrogens is 3. The fraction of sp³-hybridized carbons (Fsp3) is 0.263. The first-order valence-corrected chi connectivity index (χ1v) is 8.49. The Morgan fingerprint density at radius 1 is 1.08 bits per heavy atom. The van der Waals surface area contributed by atoms with Crippen molar-refractivity contribution in [3.8, 4) is 0 Å². The normalized spacial score (nSPS) is 15.0. The largest absolute Gasteiger partial charge is 0.363 e. The third kappa shape index (κ3) is 3.79. The molecule has 0 radical (unpaired) electrons. The van der Waals surface area contributed by atoms with E-state index in [2.05, 4.69) is 25.8 Å². The van der Waals surface area contributed by atoms with Gasteiger partial charge in [0.05, 0.1) is 0 Å². The molecule has 128 valence electrons. The van der Waals surface area contributed by atoms with E-state index in [4.69, 9.17) is 0 Å². The highest BCUT2D eigenvalue weighted by Gasteiger charge is 2.25. The van der Waals surface area contributed by atoms with Crippen molar-refractivity contribution < 1.29 is 4.39 Å². The van der Waals surface area contributed by atoms with Crippen LogP contribution in [0.25, 0.3) is 0 Å². The van der Waals surface area contributed by atoms with E-state index in [-0.39, 0.29) is 11.9 Å². The lowest BCUT2D eigenvalue weighted by Gasteiger charge is -2.15. The highest BCUT2D eigenvalue weighted by molar-refractivity contribution is 5.55. The molecule has 0 spiro atoms. The number of benzene rings is 1. The molecule has 1 atom stereocenters. The third-order valence-corrected chi connectivity index (χ3v) is 4.35. The summed E-state index contributed by atoms with van der Waals surface area (Å²) in [5.74, 6) is 2.66. The molecule has 1 aliphatic rings. The van der Waals surface area contributed by atoms with Crippen molar-refractivity contribution in [1.29, 1.82) is 0 Å². The van der Waals surface area contributed by atoms with Crippen LogP contribution in [0.4, 0.5) is 21.8 Å². The number of nitrogens with one attached hydrogen (secondary N) is 3. The van der Waals surface area contributed by atoms with E-state index in [0.29, 0.717) is 5.92 Å². The van der Waals surface area contributed by atoms with Crippen molar-refractivity contribution in [2.75, 3.05) is 10.6 Å². The van der Waals surface area contributed by atoms with Gasteiger partial charge in [-0.15, -0.1) is 0 Å². The fourth-order valence-corrected chi connectivity index (χ4v) is 2.78. The highest BCUT2D eigenvalue weighted by atomic mass is 19.1. The second-order valence-corrected chi connectivity index (χ2v) is 6.43. The van der Waals surface area contributed by atoms with Gasteiger partial charge >= 0.3 is 0 Å². The minimum absolute atomic E-state index is 0.0233. The molecular weight excluding hydrogens is 317 g/mol. The van der Waals surface area contributed by atoms with Crippen LogP contribution in [-0.2, 0) is 0 Å². The lowest BCUT2D eigenvalue weighted by Crippen LogP contribution is -2.08. The second-order valence-electron chi connectivity index (χ2n) is 6.43. The molecule has 0 bridgehead atoms.